The van der Waals surface area contributed by atoms with Crippen LogP contribution in [0.5, 0.6) is 5.75 Å². The minimum absolute atomic E-state index is 0.000557. The molecule has 8 rings (SSSR count). The third-order valence-corrected chi connectivity index (χ3v) is 11.4. The highest BCUT2D eigenvalue weighted by Gasteiger charge is 2.71. The lowest BCUT2D eigenvalue weighted by Crippen LogP contribution is -2.58. The number of ether oxygens (including phenoxy) is 1. The minimum Gasteiger partial charge on any atom is -0.490 e. The van der Waals surface area contributed by atoms with E-state index in [1.807, 2.05) is 24.3 Å². The number of amides is 1. The number of fused-ring (bicyclic) bond motifs is 4. The van der Waals surface area contributed by atoms with Gasteiger partial charge in [-0.3, -0.25) is 9.59 Å². The molecule has 1 amide bonds. The molecule has 1 spiro atoms. The summed E-state index contributed by atoms with van der Waals surface area (Å²) < 4.78 is 6.93. The summed E-state index contributed by atoms with van der Waals surface area (Å²) in [5, 5.41) is 25.8. The van der Waals surface area contributed by atoms with Crippen molar-refractivity contribution >= 4 is 11.7 Å². The molecule has 3 aliphatic heterocycles. The van der Waals surface area contributed by atoms with Gasteiger partial charge in [0, 0.05) is 36.5 Å². The van der Waals surface area contributed by atoms with Crippen molar-refractivity contribution in [3.8, 4) is 5.75 Å². The quantitative estimate of drug-likeness (QED) is 0.370. The van der Waals surface area contributed by atoms with E-state index >= 15 is 0 Å². The lowest BCUT2D eigenvalue weighted by molar-refractivity contribution is -0.158. The van der Waals surface area contributed by atoms with E-state index in [2.05, 4.69) is 39.1 Å². The Balaban J connectivity index is 1.47. The van der Waals surface area contributed by atoms with Gasteiger partial charge in [0.05, 0.1) is 6.10 Å². The Morgan fingerprint density at radius 3 is 2.57 bits per heavy atom. The zero-order valence-electron chi connectivity index (χ0n) is 22.2. The van der Waals surface area contributed by atoms with Gasteiger partial charge in [-0.15, -0.1) is 0 Å². The molecule has 3 heterocycles. The molecule has 1 unspecified atom stereocenters. The Kier molecular flexibility index (Phi) is 4.83. The number of carbonyl (C=O) groups is 2. The number of nitrogens with one attached hydrogen (secondary N) is 1. The molecule has 1 saturated heterocycles. The predicted octanol–water partition coefficient (Wildman–Crippen LogP) is 3.65. The number of benzene rings is 1. The van der Waals surface area contributed by atoms with Gasteiger partial charge < -0.3 is 20.3 Å². The van der Waals surface area contributed by atoms with Crippen molar-refractivity contribution in [2.75, 3.05) is 0 Å². The fraction of sp³-hybridized carbons (Fsp3) is 0.677. The number of ketones is 1. The first-order chi connectivity index (χ1) is 17.5. The molecule has 3 N–H and O–H groups in total. The van der Waals surface area contributed by atoms with Crippen LogP contribution in [-0.2, 0) is 16.0 Å². The van der Waals surface area contributed by atoms with E-state index < -0.39 is 29.1 Å². The maximum Gasteiger partial charge on any atom is 0.236 e. The Labute approximate surface area is 218 Å². The second kappa shape index (κ2) is 7.47. The van der Waals surface area contributed by atoms with Gasteiger partial charge in [-0.1, -0.05) is 44.6 Å². The van der Waals surface area contributed by atoms with E-state index in [1.165, 1.54) is 5.57 Å². The van der Waals surface area contributed by atoms with Crippen molar-refractivity contribution < 1.29 is 24.5 Å². The van der Waals surface area contributed by atoms with Crippen molar-refractivity contribution in [2.45, 2.75) is 77.7 Å². The van der Waals surface area contributed by atoms with Gasteiger partial charge in [-0.05, 0) is 67.1 Å². The molecule has 0 aromatic heterocycles. The molecule has 3 saturated carbocycles. The summed E-state index contributed by atoms with van der Waals surface area (Å²) in [5.41, 5.74) is -0.847. The van der Waals surface area contributed by atoms with Gasteiger partial charge in [0.2, 0.25) is 5.91 Å². The topological polar surface area (TPSA) is 95.9 Å². The number of Topliss-reactive ketones (excluding diaryl/α,β-unsaturated/α-hetero) is 1. The molecule has 4 aliphatic carbocycles. The van der Waals surface area contributed by atoms with Crippen LogP contribution in [0.3, 0.4) is 0 Å². The Hall–Kier alpha value is -2.18. The van der Waals surface area contributed by atoms with Crippen LogP contribution in [0.1, 0.15) is 58.9 Å². The number of hydrogen-bond donors (Lipinski definition) is 3. The van der Waals surface area contributed by atoms with E-state index in [1.54, 1.807) is 0 Å². The van der Waals surface area contributed by atoms with Crippen LogP contribution < -0.4 is 10.1 Å². The first-order valence-electron chi connectivity index (χ1n) is 14.2. The normalized spacial score (nSPS) is 51.7. The van der Waals surface area contributed by atoms with Crippen LogP contribution in [-0.4, -0.2) is 39.8 Å². The summed E-state index contributed by atoms with van der Waals surface area (Å²) >= 11 is 0. The van der Waals surface area contributed by atoms with Gasteiger partial charge in [0.15, 0.2) is 5.78 Å². The van der Waals surface area contributed by atoms with Crippen LogP contribution in [0, 0.1) is 52.3 Å². The smallest absolute Gasteiger partial charge is 0.236 e. The summed E-state index contributed by atoms with van der Waals surface area (Å²) in [6.45, 7) is 9.25. The minimum atomic E-state index is -1.52. The van der Waals surface area contributed by atoms with E-state index in [0.29, 0.717) is 11.8 Å². The van der Waals surface area contributed by atoms with Gasteiger partial charge in [0.1, 0.15) is 23.0 Å². The Morgan fingerprint density at radius 1 is 1.11 bits per heavy atom. The highest BCUT2D eigenvalue weighted by atomic mass is 16.5. The third kappa shape index (κ3) is 3.06. The molecule has 198 valence electrons. The molecule has 6 nitrogen and oxygen atoms in total. The van der Waals surface area contributed by atoms with E-state index in [0.717, 1.165) is 24.2 Å². The third-order valence-electron chi connectivity index (χ3n) is 11.4. The van der Waals surface area contributed by atoms with Crippen LogP contribution in [0.15, 0.2) is 35.9 Å². The number of hydrogen-bond acceptors (Lipinski definition) is 5. The number of aliphatic hydroxyl groups is 2. The number of rotatable bonds is 0. The van der Waals surface area contributed by atoms with Crippen molar-refractivity contribution in [3.05, 3.63) is 41.5 Å². The van der Waals surface area contributed by atoms with E-state index in [9.17, 15) is 19.8 Å². The molecule has 4 fully saturated rings. The molecule has 7 aliphatic rings. The summed E-state index contributed by atoms with van der Waals surface area (Å²) in [5.74, 6) is 0.697. The van der Waals surface area contributed by atoms with Crippen molar-refractivity contribution in [1.29, 1.82) is 0 Å². The SMILES string of the molecule is CC1=C[C@H]2[C@@H]3C(=O)C4(C[C@@H]2O)C[C@](O)(Cc2ccc(cc2)O[C@H]2[C@H]3[C@@H]1[C@]1(C)C[C@H](C)C[C@H](C)[C@@H]21)NC4=O. The van der Waals surface area contributed by atoms with Crippen LogP contribution >= 0.6 is 0 Å². The summed E-state index contributed by atoms with van der Waals surface area (Å²) in [7, 11) is 0. The average Bonchev–Trinajstić information content (AvgIpc) is 3.21. The van der Waals surface area contributed by atoms with Crippen LogP contribution in [0.2, 0.25) is 0 Å². The van der Waals surface area contributed by atoms with Crippen molar-refractivity contribution in [3.63, 3.8) is 0 Å². The van der Waals surface area contributed by atoms with Gasteiger partial charge >= 0.3 is 0 Å². The second-order valence-corrected chi connectivity index (χ2v) is 13.9. The van der Waals surface area contributed by atoms with Crippen LogP contribution in [0.4, 0.5) is 0 Å². The standard InChI is InChI=1S/C31H39NO5/c1-15-9-16(2)25-26-23-22-20(10-17(3)24(23)29(25,4)11-15)21(33)13-30(27(22)34)14-31(36,32-28(30)35)12-18-5-7-19(37-26)8-6-18/h5-8,10,15-16,20-26,33,36H,9,11-14H2,1-4H3,(H,32,35)/t15-,16+,20-,21+,22+,23-,24-,25+,26+,29+,30?,31-/m1/s1. The monoisotopic (exact) mass is 505 g/mol. The molecule has 12 atom stereocenters. The molecule has 37 heavy (non-hydrogen) atoms. The first kappa shape index (κ1) is 23.9. The second-order valence-electron chi connectivity index (χ2n) is 13.9. The number of carbonyl (C=O) groups excluding carboxylic acids is 2. The fourth-order valence-electron chi connectivity index (χ4n) is 10.7. The van der Waals surface area contributed by atoms with E-state index in [4.69, 9.17) is 4.74 Å². The Morgan fingerprint density at radius 2 is 1.84 bits per heavy atom. The summed E-state index contributed by atoms with van der Waals surface area (Å²) in [6, 6.07) is 7.85. The zero-order valence-corrected chi connectivity index (χ0v) is 22.2. The molecule has 6 heteroatoms. The van der Waals surface area contributed by atoms with Crippen LogP contribution in [0.25, 0.3) is 0 Å². The molecular weight excluding hydrogens is 466 g/mol. The Bertz CT molecular complexity index is 1210. The van der Waals surface area contributed by atoms with Gasteiger partial charge in [0.25, 0.3) is 0 Å². The highest BCUT2D eigenvalue weighted by molar-refractivity contribution is 6.09. The van der Waals surface area contributed by atoms with Crippen molar-refractivity contribution in [1.82, 2.24) is 5.32 Å². The van der Waals surface area contributed by atoms with Crippen molar-refractivity contribution in [2.24, 2.45) is 52.3 Å². The largest absolute Gasteiger partial charge is 0.490 e. The molecule has 5 bridgehead atoms. The predicted molar refractivity (Wildman–Crippen MR) is 137 cm³/mol. The number of aliphatic hydroxyl groups excluding tert-OH is 1. The van der Waals surface area contributed by atoms with E-state index in [-0.39, 0.29) is 60.2 Å². The molecule has 1 aromatic rings. The first-order valence-corrected chi connectivity index (χ1v) is 14.2. The zero-order chi connectivity index (χ0) is 26.1. The van der Waals surface area contributed by atoms with Gasteiger partial charge in [-0.25, -0.2) is 0 Å². The summed E-state index contributed by atoms with van der Waals surface area (Å²) in [6.07, 6.45) is 3.62. The van der Waals surface area contributed by atoms with Gasteiger partial charge in [-0.2, -0.15) is 0 Å². The average molecular weight is 506 g/mol. The molecule has 1 aromatic carbocycles. The summed E-state index contributed by atoms with van der Waals surface area (Å²) in [4.78, 5) is 28.3. The maximum absolute atomic E-state index is 14.7. The number of allylic oxidation sites excluding steroid dienone is 1. The lowest BCUT2D eigenvalue weighted by atomic mass is 9.51. The molecule has 0 radical (unpaired) electrons. The maximum atomic E-state index is 14.7. The molecular formula is C31H39NO5. The fourth-order valence-corrected chi connectivity index (χ4v) is 10.7. The lowest BCUT2D eigenvalue weighted by Gasteiger charge is -2.51. The highest BCUT2D eigenvalue weighted by Crippen LogP contribution is 2.68.